The lowest BCUT2D eigenvalue weighted by Crippen LogP contribution is -2.59. The van der Waals surface area contributed by atoms with Gasteiger partial charge in [-0.1, -0.05) is 6.42 Å². The molecular formula is C20H39N7O7. The van der Waals surface area contributed by atoms with Gasteiger partial charge in [-0.2, -0.15) is 0 Å². The minimum absolute atomic E-state index is 0.0940. The Balaban J connectivity index is 5.38. The van der Waals surface area contributed by atoms with Gasteiger partial charge in [-0.15, -0.1) is 0 Å². The van der Waals surface area contributed by atoms with Gasteiger partial charge < -0.3 is 49.1 Å². The van der Waals surface area contributed by atoms with Crippen molar-refractivity contribution in [3.05, 3.63) is 0 Å². The highest BCUT2D eigenvalue weighted by atomic mass is 16.4. The highest BCUT2D eigenvalue weighted by Gasteiger charge is 2.32. The van der Waals surface area contributed by atoms with Crippen LogP contribution >= 0.6 is 0 Å². The Bertz CT molecular complexity index is 690. The minimum atomic E-state index is -1.59. The molecule has 13 N–H and O–H groups in total. The normalized spacial score (nSPS) is 15.3. The topological polar surface area (TPSA) is 266 Å². The number of amides is 4. The van der Waals surface area contributed by atoms with Crippen molar-refractivity contribution < 1.29 is 34.2 Å². The molecule has 0 heterocycles. The lowest BCUT2D eigenvalue weighted by atomic mass is 10.0. The molecule has 0 rings (SSSR count). The molecule has 0 aromatic rings. The maximum absolute atomic E-state index is 12.8. The van der Waals surface area contributed by atoms with Crippen LogP contribution in [0, 0.1) is 0 Å². The number of nitrogens with one attached hydrogen (secondary N) is 3. The summed E-state index contributed by atoms with van der Waals surface area (Å²) < 4.78 is 0. The van der Waals surface area contributed by atoms with Gasteiger partial charge in [-0.25, -0.2) is 4.79 Å². The SMILES string of the molecule is CC(O)C(NC(=O)C(N)CCCCN)C(=O)NC(CCCCN)C(=O)NC(CC(N)=O)C(=O)O. The van der Waals surface area contributed by atoms with Gasteiger partial charge in [0.1, 0.15) is 18.1 Å². The van der Waals surface area contributed by atoms with Crippen molar-refractivity contribution in [2.24, 2.45) is 22.9 Å². The maximum Gasteiger partial charge on any atom is 0.326 e. The third kappa shape index (κ3) is 12.4. The summed E-state index contributed by atoms with van der Waals surface area (Å²) in [6, 6.07) is -5.14. The largest absolute Gasteiger partial charge is 0.480 e. The van der Waals surface area contributed by atoms with Gasteiger partial charge in [0.15, 0.2) is 0 Å². The maximum atomic E-state index is 12.8. The number of hydrogen-bond donors (Lipinski definition) is 9. The zero-order valence-electron chi connectivity index (χ0n) is 19.5. The highest BCUT2D eigenvalue weighted by molar-refractivity contribution is 5.95. The Morgan fingerprint density at radius 2 is 1.32 bits per heavy atom. The van der Waals surface area contributed by atoms with Crippen LogP contribution in [0.15, 0.2) is 0 Å². The Morgan fingerprint density at radius 1 is 0.794 bits per heavy atom. The van der Waals surface area contributed by atoms with Gasteiger partial charge in [0.25, 0.3) is 0 Å². The monoisotopic (exact) mass is 489 g/mol. The number of carbonyl (C=O) groups is 5. The van der Waals surface area contributed by atoms with Crippen LogP contribution < -0.4 is 38.9 Å². The Labute approximate surface area is 198 Å². The van der Waals surface area contributed by atoms with Crippen LogP contribution in [0.2, 0.25) is 0 Å². The number of carbonyl (C=O) groups excluding carboxylic acids is 4. The van der Waals surface area contributed by atoms with Crippen molar-refractivity contribution in [2.45, 2.75) is 82.1 Å². The van der Waals surface area contributed by atoms with Crippen LogP contribution in [0.4, 0.5) is 0 Å². The number of unbranched alkanes of at least 4 members (excludes halogenated alkanes) is 2. The van der Waals surface area contributed by atoms with Crippen LogP contribution in [0.25, 0.3) is 0 Å². The fourth-order valence-corrected chi connectivity index (χ4v) is 3.00. The summed E-state index contributed by atoms with van der Waals surface area (Å²) in [5.74, 6) is -4.80. The molecule has 0 saturated carbocycles. The molecule has 0 bridgehead atoms. The quantitative estimate of drug-likeness (QED) is 0.0852. The summed E-state index contributed by atoms with van der Waals surface area (Å²) in [6.07, 6.45) is 0.685. The van der Waals surface area contributed by atoms with E-state index in [0.717, 1.165) is 0 Å². The van der Waals surface area contributed by atoms with E-state index in [1.54, 1.807) is 0 Å². The Kier molecular flexibility index (Phi) is 15.4. The van der Waals surface area contributed by atoms with Crippen molar-refractivity contribution in [1.29, 1.82) is 0 Å². The fourth-order valence-electron chi connectivity index (χ4n) is 3.00. The van der Waals surface area contributed by atoms with Crippen molar-refractivity contribution in [2.75, 3.05) is 13.1 Å². The third-order valence-electron chi connectivity index (χ3n) is 4.97. The van der Waals surface area contributed by atoms with Gasteiger partial charge in [0, 0.05) is 0 Å². The summed E-state index contributed by atoms with van der Waals surface area (Å²) in [6.45, 7) is 2.06. The summed E-state index contributed by atoms with van der Waals surface area (Å²) in [4.78, 5) is 60.3. The van der Waals surface area contributed by atoms with E-state index in [0.29, 0.717) is 45.2 Å². The van der Waals surface area contributed by atoms with E-state index in [4.69, 9.17) is 22.9 Å². The molecule has 14 heteroatoms. The van der Waals surface area contributed by atoms with Gasteiger partial charge in [0.2, 0.25) is 23.6 Å². The first kappa shape index (κ1) is 31.2. The molecule has 34 heavy (non-hydrogen) atoms. The second-order valence-corrected chi connectivity index (χ2v) is 8.03. The second-order valence-electron chi connectivity index (χ2n) is 8.03. The van der Waals surface area contributed by atoms with E-state index in [2.05, 4.69) is 16.0 Å². The molecule has 196 valence electrons. The number of aliphatic hydroxyl groups is 1. The van der Waals surface area contributed by atoms with E-state index in [9.17, 15) is 34.2 Å². The summed E-state index contributed by atoms with van der Waals surface area (Å²) in [5.41, 5.74) is 21.7. The van der Waals surface area contributed by atoms with Gasteiger partial charge in [-0.3, -0.25) is 19.2 Å². The second kappa shape index (κ2) is 16.7. The minimum Gasteiger partial charge on any atom is -0.480 e. The first-order chi connectivity index (χ1) is 15.9. The Morgan fingerprint density at radius 3 is 1.79 bits per heavy atom. The Hall–Kier alpha value is -2.81. The number of aliphatic carboxylic acids is 1. The van der Waals surface area contributed by atoms with Crippen LogP contribution in [0.5, 0.6) is 0 Å². The molecule has 0 aliphatic rings. The van der Waals surface area contributed by atoms with Crippen LogP contribution in [-0.4, -0.2) is 83.2 Å². The molecule has 0 spiro atoms. The summed E-state index contributed by atoms with van der Waals surface area (Å²) in [7, 11) is 0. The molecule has 5 atom stereocenters. The van der Waals surface area contributed by atoms with Crippen molar-refractivity contribution in [3.8, 4) is 0 Å². The highest BCUT2D eigenvalue weighted by Crippen LogP contribution is 2.06. The number of hydrogen-bond acceptors (Lipinski definition) is 9. The van der Waals surface area contributed by atoms with Crippen LogP contribution in [0.1, 0.15) is 51.9 Å². The number of carboxylic acid groups (broad SMARTS) is 1. The molecule has 0 aromatic heterocycles. The number of aliphatic hydroxyl groups excluding tert-OH is 1. The number of rotatable bonds is 18. The van der Waals surface area contributed by atoms with Crippen LogP contribution in [-0.2, 0) is 24.0 Å². The zero-order chi connectivity index (χ0) is 26.3. The van der Waals surface area contributed by atoms with Gasteiger partial charge >= 0.3 is 5.97 Å². The number of carboxylic acids is 1. The zero-order valence-corrected chi connectivity index (χ0v) is 19.5. The van der Waals surface area contributed by atoms with Crippen molar-refractivity contribution >= 4 is 29.6 Å². The lowest BCUT2D eigenvalue weighted by Gasteiger charge is -2.26. The molecule has 0 fully saturated rings. The number of primary amides is 1. The molecule has 0 aliphatic carbocycles. The molecule has 0 radical (unpaired) electrons. The first-order valence-corrected chi connectivity index (χ1v) is 11.2. The van der Waals surface area contributed by atoms with E-state index in [-0.39, 0.29) is 6.42 Å². The van der Waals surface area contributed by atoms with Crippen molar-refractivity contribution in [1.82, 2.24) is 16.0 Å². The van der Waals surface area contributed by atoms with E-state index in [1.807, 2.05) is 0 Å². The lowest BCUT2D eigenvalue weighted by molar-refractivity contribution is -0.144. The average Bonchev–Trinajstić information content (AvgIpc) is 2.75. The molecule has 0 aromatic carbocycles. The summed E-state index contributed by atoms with van der Waals surface area (Å²) in [5, 5.41) is 26.2. The predicted molar refractivity (Wildman–Crippen MR) is 123 cm³/mol. The first-order valence-electron chi connectivity index (χ1n) is 11.2. The smallest absolute Gasteiger partial charge is 0.326 e. The van der Waals surface area contributed by atoms with Gasteiger partial charge in [-0.05, 0) is 52.1 Å². The van der Waals surface area contributed by atoms with Gasteiger partial charge in [0.05, 0.1) is 18.6 Å². The standard InChI is InChI=1S/C20H39N7O7/c1-11(28)16(27-17(30)12(23)6-2-4-8-21)19(32)25-13(7-3-5-9-22)18(31)26-14(20(33)34)10-15(24)29/h11-14,16,28H,2-10,21-23H2,1H3,(H2,24,29)(H,25,32)(H,26,31)(H,27,30)(H,33,34). The van der Waals surface area contributed by atoms with Crippen molar-refractivity contribution in [3.63, 3.8) is 0 Å². The average molecular weight is 490 g/mol. The molecule has 0 aliphatic heterocycles. The van der Waals surface area contributed by atoms with Crippen LogP contribution in [0.3, 0.4) is 0 Å². The predicted octanol–water partition coefficient (Wildman–Crippen LogP) is -3.63. The van der Waals surface area contributed by atoms with E-state index < -0.39 is 66.3 Å². The molecule has 5 unspecified atom stereocenters. The fraction of sp³-hybridized carbons (Fsp3) is 0.750. The third-order valence-corrected chi connectivity index (χ3v) is 4.97. The molecule has 0 saturated heterocycles. The van der Waals surface area contributed by atoms with E-state index in [1.165, 1.54) is 6.92 Å². The molecule has 14 nitrogen and oxygen atoms in total. The number of nitrogens with two attached hydrogens (primary N) is 4. The molecule has 4 amide bonds. The molecular weight excluding hydrogens is 450 g/mol. The summed E-state index contributed by atoms with van der Waals surface area (Å²) >= 11 is 0. The van der Waals surface area contributed by atoms with E-state index >= 15 is 0 Å².